The van der Waals surface area contributed by atoms with E-state index in [0.717, 1.165) is 0 Å². The smallest absolute Gasteiger partial charge is 0.306 e. The van der Waals surface area contributed by atoms with Crippen molar-refractivity contribution in [1.82, 2.24) is 0 Å². The lowest BCUT2D eigenvalue weighted by molar-refractivity contribution is -0.190. The molecule has 1 heterocycles. The maximum Gasteiger partial charge on any atom is 0.306 e. The fourth-order valence-corrected chi connectivity index (χ4v) is 4.92. The minimum Gasteiger partial charge on any atom is -0.459 e. The minimum absolute atomic E-state index is 0.0819. The summed E-state index contributed by atoms with van der Waals surface area (Å²) in [5.41, 5.74) is 0. The zero-order valence-corrected chi connectivity index (χ0v) is 16.7. The van der Waals surface area contributed by atoms with Crippen molar-refractivity contribution in [3.05, 3.63) is 0 Å². The van der Waals surface area contributed by atoms with Gasteiger partial charge in [-0.2, -0.15) is 0 Å². The van der Waals surface area contributed by atoms with E-state index < -0.39 is 8.32 Å². The van der Waals surface area contributed by atoms with Crippen molar-refractivity contribution < 1.29 is 23.4 Å². The number of esters is 1. The molecule has 6 heteroatoms. The lowest BCUT2D eigenvalue weighted by Crippen LogP contribution is -2.61. The van der Waals surface area contributed by atoms with Crippen LogP contribution in [0, 0.1) is 11.8 Å². The van der Waals surface area contributed by atoms with Crippen LogP contribution in [0.1, 0.15) is 34.1 Å². The Labute approximate surface area is 141 Å². The summed E-state index contributed by atoms with van der Waals surface area (Å²) in [5.74, 6) is 0.183. The van der Waals surface area contributed by atoms with Crippen LogP contribution in [-0.2, 0) is 23.4 Å². The molecule has 1 saturated carbocycles. The average Bonchev–Trinajstić information content (AvgIpc) is 2.82. The van der Waals surface area contributed by atoms with Crippen molar-refractivity contribution in [2.45, 2.75) is 76.7 Å². The van der Waals surface area contributed by atoms with E-state index in [0.29, 0.717) is 6.42 Å². The molecule has 0 aromatic heterocycles. The van der Waals surface area contributed by atoms with Crippen molar-refractivity contribution in [2.75, 3.05) is 14.2 Å². The summed E-state index contributed by atoms with van der Waals surface area (Å²) < 4.78 is 23.7. The van der Waals surface area contributed by atoms with Gasteiger partial charge in [0.1, 0.15) is 18.3 Å². The molecular formula is C17H32O5Si. The summed E-state index contributed by atoms with van der Waals surface area (Å²) >= 11 is 0. The second-order valence-electron chi connectivity index (χ2n) is 8.42. The summed E-state index contributed by atoms with van der Waals surface area (Å²) in [6.45, 7) is 13.3. The van der Waals surface area contributed by atoms with Gasteiger partial charge >= 0.3 is 5.97 Å². The molecule has 0 bridgehead atoms. The highest BCUT2D eigenvalue weighted by atomic mass is 28.4. The predicted octanol–water partition coefficient (Wildman–Crippen LogP) is 2.99. The molecule has 1 saturated heterocycles. The number of hydrogen-bond donors (Lipinski definition) is 0. The quantitative estimate of drug-likeness (QED) is 0.580. The molecule has 0 aromatic carbocycles. The van der Waals surface area contributed by atoms with Crippen LogP contribution >= 0.6 is 0 Å². The number of fused-ring (bicyclic) bond motifs is 1. The number of methoxy groups -OCH3 is 2. The van der Waals surface area contributed by atoms with Crippen LogP contribution in [0.2, 0.25) is 18.1 Å². The molecule has 2 fully saturated rings. The van der Waals surface area contributed by atoms with Gasteiger partial charge in [0.05, 0.1) is 12.5 Å². The molecule has 1 aliphatic heterocycles. The Hall–Kier alpha value is -0.433. The molecule has 134 valence electrons. The Balaban J connectivity index is 2.31. The van der Waals surface area contributed by atoms with Gasteiger partial charge in [-0.25, -0.2) is 0 Å². The Kier molecular flexibility index (Phi) is 5.31. The zero-order chi connectivity index (χ0) is 17.6. The Morgan fingerprint density at radius 2 is 1.65 bits per heavy atom. The summed E-state index contributed by atoms with van der Waals surface area (Å²) in [7, 11) is 1.38. The first-order chi connectivity index (χ1) is 10.5. The first kappa shape index (κ1) is 18.9. The van der Waals surface area contributed by atoms with Crippen molar-refractivity contribution in [2.24, 2.45) is 11.8 Å². The van der Waals surface area contributed by atoms with Gasteiger partial charge in [0.15, 0.2) is 8.32 Å². The first-order valence-corrected chi connectivity index (χ1v) is 11.4. The van der Waals surface area contributed by atoms with E-state index >= 15 is 0 Å². The van der Waals surface area contributed by atoms with Crippen LogP contribution in [0.4, 0.5) is 0 Å². The van der Waals surface area contributed by atoms with Crippen molar-refractivity contribution >= 4 is 14.3 Å². The van der Waals surface area contributed by atoms with Gasteiger partial charge in [-0.3, -0.25) is 4.79 Å². The highest BCUT2D eigenvalue weighted by molar-refractivity contribution is 6.74. The monoisotopic (exact) mass is 344 g/mol. The predicted molar refractivity (Wildman–Crippen MR) is 90.8 cm³/mol. The van der Waals surface area contributed by atoms with Gasteiger partial charge in [-0.15, -0.1) is 0 Å². The number of hydrogen-bond acceptors (Lipinski definition) is 5. The second-order valence-corrected chi connectivity index (χ2v) is 13.2. The van der Waals surface area contributed by atoms with Gasteiger partial charge in [-0.1, -0.05) is 27.7 Å². The Morgan fingerprint density at radius 1 is 1.09 bits per heavy atom. The summed E-state index contributed by atoms with van der Waals surface area (Å²) in [6, 6.07) is 0. The number of carbonyl (C=O) groups is 1. The maximum atomic E-state index is 11.8. The lowest BCUT2D eigenvalue weighted by Gasteiger charge is -2.49. The van der Waals surface area contributed by atoms with E-state index in [4.69, 9.17) is 18.6 Å². The SMILES string of the molecule is CO[C@@H]1[C@H](OC)[C@H]2OC(=O)C[C@H]2[C@H](C)[C@H]1O[Si](C)(C)C(C)(C)C. The molecule has 2 rings (SSSR count). The van der Waals surface area contributed by atoms with E-state index in [1.165, 1.54) is 0 Å². The van der Waals surface area contributed by atoms with Crippen LogP contribution in [0.3, 0.4) is 0 Å². The normalized spacial score (nSPS) is 38.3. The Bertz CT molecular complexity index is 445. The van der Waals surface area contributed by atoms with Crippen molar-refractivity contribution in [3.63, 3.8) is 0 Å². The molecule has 0 radical (unpaired) electrons. The summed E-state index contributed by atoms with van der Waals surface area (Å²) in [6.07, 6.45) is -0.369. The fraction of sp³-hybridized carbons (Fsp3) is 0.941. The molecule has 0 spiro atoms. The number of ether oxygens (including phenoxy) is 3. The Morgan fingerprint density at radius 3 is 2.13 bits per heavy atom. The molecular weight excluding hydrogens is 312 g/mol. The van der Waals surface area contributed by atoms with E-state index in [-0.39, 0.29) is 47.3 Å². The third-order valence-corrected chi connectivity index (χ3v) is 10.5. The van der Waals surface area contributed by atoms with Gasteiger partial charge in [0.25, 0.3) is 0 Å². The van der Waals surface area contributed by atoms with Gasteiger partial charge in [0.2, 0.25) is 0 Å². The third kappa shape index (κ3) is 3.36. The molecule has 23 heavy (non-hydrogen) atoms. The maximum absolute atomic E-state index is 11.8. The number of rotatable bonds is 4. The summed E-state index contributed by atoms with van der Waals surface area (Å²) in [4.78, 5) is 11.8. The van der Waals surface area contributed by atoms with E-state index in [1.807, 2.05) is 0 Å². The standard InChI is InChI=1S/C17H32O5Si/c1-10-11-9-12(18)21-14(11)16(20-6)15(19-5)13(10)22-23(7,8)17(2,3)4/h10-11,13-16H,9H2,1-8H3/t10-,11-,13+,14-,15-,16+/m0/s1. The van der Waals surface area contributed by atoms with Crippen LogP contribution in [-0.4, -0.2) is 52.9 Å². The van der Waals surface area contributed by atoms with Gasteiger partial charge < -0.3 is 18.6 Å². The van der Waals surface area contributed by atoms with Crippen molar-refractivity contribution in [3.8, 4) is 0 Å². The minimum atomic E-state index is -1.96. The molecule has 0 amide bonds. The lowest BCUT2D eigenvalue weighted by atomic mass is 9.73. The molecule has 6 atom stereocenters. The van der Waals surface area contributed by atoms with Crippen LogP contribution in [0.25, 0.3) is 0 Å². The van der Waals surface area contributed by atoms with E-state index in [2.05, 4.69) is 40.8 Å². The van der Waals surface area contributed by atoms with Gasteiger partial charge in [-0.05, 0) is 24.1 Å². The molecule has 0 unspecified atom stereocenters. The number of carbonyl (C=O) groups excluding carboxylic acids is 1. The van der Waals surface area contributed by atoms with E-state index in [9.17, 15) is 4.79 Å². The zero-order valence-electron chi connectivity index (χ0n) is 15.7. The van der Waals surface area contributed by atoms with Crippen LogP contribution in [0.5, 0.6) is 0 Å². The first-order valence-electron chi connectivity index (χ1n) is 8.46. The second kappa shape index (κ2) is 6.46. The largest absolute Gasteiger partial charge is 0.459 e. The topological polar surface area (TPSA) is 54.0 Å². The molecule has 2 aliphatic rings. The molecule has 1 aliphatic carbocycles. The molecule has 0 aromatic rings. The highest BCUT2D eigenvalue weighted by Crippen LogP contribution is 2.46. The van der Waals surface area contributed by atoms with E-state index in [1.54, 1.807) is 14.2 Å². The molecule has 5 nitrogen and oxygen atoms in total. The van der Waals surface area contributed by atoms with Crippen molar-refractivity contribution in [1.29, 1.82) is 0 Å². The summed E-state index contributed by atoms with van der Waals surface area (Å²) in [5, 5.41) is 0.117. The fourth-order valence-electron chi connectivity index (χ4n) is 3.54. The van der Waals surface area contributed by atoms with Crippen LogP contribution in [0.15, 0.2) is 0 Å². The molecule has 0 N–H and O–H groups in total. The van der Waals surface area contributed by atoms with Gasteiger partial charge in [0, 0.05) is 20.1 Å². The highest BCUT2D eigenvalue weighted by Gasteiger charge is 2.57. The third-order valence-electron chi connectivity index (χ3n) is 6.04. The average molecular weight is 345 g/mol. The van der Waals surface area contributed by atoms with Crippen LogP contribution < -0.4 is 0 Å².